The largest absolute Gasteiger partial charge is 0.451 e. The Morgan fingerprint density at radius 3 is 2.40 bits per heavy atom. The van der Waals surface area contributed by atoms with E-state index in [1.807, 2.05) is 0 Å². The topological polar surface area (TPSA) is 9.23 Å². The van der Waals surface area contributed by atoms with Crippen molar-refractivity contribution >= 4 is 0 Å². The maximum atomic E-state index is 13.1. The molecule has 0 aliphatic rings. The molecule has 0 spiro atoms. The number of ether oxygens (including phenoxy) is 1. The third kappa shape index (κ3) is 2.13. The zero-order chi connectivity index (χ0) is 10.7. The number of halogens is 2. The van der Waals surface area contributed by atoms with Crippen LogP contribution < -0.4 is 4.74 Å². The van der Waals surface area contributed by atoms with Gasteiger partial charge in [0, 0.05) is 6.07 Å². The van der Waals surface area contributed by atoms with Crippen LogP contribution in [0.25, 0.3) is 0 Å². The van der Waals surface area contributed by atoms with Crippen LogP contribution in [0.15, 0.2) is 42.5 Å². The third-order valence-electron chi connectivity index (χ3n) is 1.83. The van der Waals surface area contributed by atoms with Gasteiger partial charge in [-0.05, 0) is 18.2 Å². The Balaban J connectivity index is 2.30. The molecule has 0 aliphatic heterocycles. The zero-order valence-electron chi connectivity index (χ0n) is 7.71. The molecule has 2 rings (SSSR count). The lowest BCUT2D eigenvalue weighted by atomic mass is 10.3. The maximum Gasteiger partial charge on any atom is 0.173 e. The summed E-state index contributed by atoms with van der Waals surface area (Å²) in [5.74, 6) is -1.21. The Hall–Kier alpha value is -1.90. The summed E-state index contributed by atoms with van der Waals surface area (Å²) in [4.78, 5) is 0. The molecule has 0 fully saturated rings. The van der Waals surface area contributed by atoms with E-state index in [1.54, 1.807) is 12.1 Å². The second kappa shape index (κ2) is 4.09. The molecule has 0 aromatic heterocycles. The molecule has 15 heavy (non-hydrogen) atoms. The molecule has 0 heterocycles. The summed E-state index contributed by atoms with van der Waals surface area (Å²) in [6, 6.07) is 12.6. The van der Waals surface area contributed by atoms with Crippen molar-refractivity contribution < 1.29 is 13.5 Å². The van der Waals surface area contributed by atoms with Crippen molar-refractivity contribution in [1.82, 2.24) is 0 Å². The zero-order valence-corrected chi connectivity index (χ0v) is 7.71. The smallest absolute Gasteiger partial charge is 0.173 e. The average molecular weight is 205 g/mol. The summed E-state index contributed by atoms with van der Waals surface area (Å²) in [5, 5.41) is 0. The second-order valence-corrected chi connectivity index (χ2v) is 2.88. The molecule has 0 bridgehead atoms. The van der Waals surface area contributed by atoms with Gasteiger partial charge in [0.15, 0.2) is 23.1 Å². The van der Waals surface area contributed by atoms with Crippen molar-refractivity contribution in [3.63, 3.8) is 0 Å². The lowest BCUT2D eigenvalue weighted by molar-refractivity contribution is 0.414. The van der Waals surface area contributed by atoms with Gasteiger partial charge >= 0.3 is 0 Å². The molecule has 0 N–H and O–H groups in total. The van der Waals surface area contributed by atoms with Gasteiger partial charge in [-0.3, -0.25) is 0 Å². The third-order valence-corrected chi connectivity index (χ3v) is 1.83. The summed E-state index contributed by atoms with van der Waals surface area (Å²) < 4.78 is 31.3. The second-order valence-electron chi connectivity index (χ2n) is 2.88. The first-order valence-corrected chi connectivity index (χ1v) is 4.36. The van der Waals surface area contributed by atoms with E-state index in [9.17, 15) is 8.78 Å². The summed E-state index contributed by atoms with van der Waals surface area (Å²) >= 11 is 0. The monoisotopic (exact) mass is 205 g/mol. The molecular weight excluding hydrogens is 198 g/mol. The predicted molar refractivity (Wildman–Crippen MR) is 51.7 cm³/mol. The van der Waals surface area contributed by atoms with Gasteiger partial charge in [0.2, 0.25) is 0 Å². The fourth-order valence-electron chi connectivity index (χ4n) is 1.13. The Labute approximate surface area is 85.9 Å². The minimum Gasteiger partial charge on any atom is -0.451 e. The van der Waals surface area contributed by atoms with Gasteiger partial charge in [-0.15, -0.1) is 0 Å². The van der Waals surface area contributed by atoms with Crippen LogP contribution in [-0.4, -0.2) is 0 Å². The van der Waals surface area contributed by atoms with E-state index < -0.39 is 11.6 Å². The normalized spacial score (nSPS) is 10.0. The minimum atomic E-state index is -0.638. The first-order valence-electron chi connectivity index (χ1n) is 4.36. The van der Waals surface area contributed by atoms with Crippen LogP contribution >= 0.6 is 0 Å². The molecule has 0 atom stereocenters. The fourth-order valence-corrected chi connectivity index (χ4v) is 1.13. The van der Waals surface area contributed by atoms with E-state index in [-0.39, 0.29) is 11.5 Å². The summed E-state index contributed by atoms with van der Waals surface area (Å²) in [6.45, 7) is 0. The summed E-state index contributed by atoms with van der Waals surface area (Å²) in [6.07, 6.45) is 0. The van der Waals surface area contributed by atoms with Gasteiger partial charge in [0.05, 0.1) is 0 Å². The quantitative estimate of drug-likeness (QED) is 0.728. The van der Waals surface area contributed by atoms with Gasteiger partial charge in [-0.1, -0.05) is 24.3 Å². The van der Waals surface area contributed by atoms with Crippen molar-refractivity contribution in [2.24, 2.45) is 0 Å². The SMILES string of the molecule is Fc1[c]cccc1Oc1ccccc1F. The molecule has 0 aliphatic carbocycles. The van der Waals surface area contributed by atoms with Gasteiger partial charge in [-0.25, -0.2) is 8.78 Å². The van der Waals surface area contributed by atoms with E-state index in [0.29, 0.717) is 0 Å². The van der Waals surface area contributed by atoms with Gasteiger partial charge in [-0.2, -0.15) is 0 Å². The van der Waals surface area contributed by atoms with E-state index in [4.69, 9.17) is 4.74 Å². The van der Waals surface area contributed by atoms with Crippen LogP contribution in [-0.2, 0) is 0 Å². The molecule has 0 amide bonds. The van der Waals surface area contributed by atoms with Crippen LogP contribution in [0.4, 0.5) is 8.78 Å². The molecule has 0 saturated carbocycles. The first kappa shape index (κ1) is 9.65. The number of hydrogen-bond acceptors (Lipinski definition) is 1. The minimum absolute atomic E-state index is 0.00370. The van der Waals surface area contributed by atoms with E-state index >= 15 is 0 Å². The van der Waals surface area contributed by atoms with E-state index in [1.165, 1.54) is 30.3 Å². The van der Waals surface area contributed by atoms with Crippen molar-refractivity contribution in [3.05, 3.63) is 60.2 Å². The number of benzene rings is 2. The maximum absolute atomic E-state index is 13.1. The van der Waals surface area contributed by atoms with Crippen molar-refractivity contribution in [2.45, 2.75) is 0 Å². The van der Waals surface area contributed by atoms with Gasteiger partial charge in [0.1, 0.15) is 0 Å². The van der Waals surface area contributed by atoms with Crippen LogP contribution in [0, 0.1) is 17.7 Å². The van der Waals surface area contributed by atoms with Gasteiger partial charge < -0.3 is 4.74 Å². The van der Waals surface area contributed by atoms with E-state index in [0.717, 1.165) is 0 Å². The first-order chi connectivity index (χ1) is 7.27. The highest BCUT2D eigenvalue weighted by atomic mass is 19.1. The Morgan fingerprint density at radius 1 is 0.933 bits per heavy atom. The standard InChI is InChI=1S/C12H7F2O/c13-9-5-1-3-7-11(9)15-12-8-4-2-6-10(12)14/h1-5,7-8H. The number of para-hydroxylation sites is 1. The molecule has 0 saturated heterocycles. The lowest BCUT2D eigenvalue weighted by Gasteiger charge is -2.06. The van der Waals surface area contributed by atoms with Crippen molar-refractivity contribution in [3.8, 4) is 11.5 Å². The molecule has 3 heteroatoms. The highest BCUT2D eigenvalue weighted by Crippen LogP contribution is 2.25. The highest BCUT2D eigenvalue weighted by molar-refractivity contribution is 5.32. The molecule has 1 nitrogen and oxygen atoms in total. The molecule has 1 radical (unpaired) electrons. The Bertz CT molecular complexity index is 425. The van der Waals surface area contributed by atoms with Crippen LogP contribution in [0.2, 0.25) is 0 Å². The molecule has 2 aromatic rings. The lowest BCUT2D eigenvalue weighted by Crippen LogP contribution is -1.90. The fraction of sp³-hybridized carbons (Fsp3) is 0. The number of rotatable bonds is 2. The number of hydrogen-bond donors (Lipinski definition) is 0. The van der Waals surface area contributed by atoms with Crippen LogP contribution in [0.1, 0.15) is 0 Å². The predicted octanol–water partition coefficient (Wildman–Crippen LogP) is 3.56. The van der Waals surface area contributed by atoms with Crippen molar-refractivity contribution in [1.29, 1.82) is 0 Å². The summed E-state index contributed by atoms with van der Waals surface area (Å²) in [5.41, 5.74) is 0. The summed E-state index contributed by atoms with van der Waals surface area (Å²) in [7, 11) is 0. The molecule has 0 unspecified atom stereocenters. The molecule has 75 valence electrons. The van der Waals surface area contributed by atoms with Crippen molar-refractivity contribution in [2.75, 3.05) is 0 Å². The molecular formula is C12H7F2O. The highest BCUT2D eigenvalue weighted by Gasteiger charge is 2.06. The molecule has 2 aromatic carbocycles. The van der Waals surface area contributed by atoms with Gasteiger partial charge in [0.25, 0.3) is 0 Å². The van der Waals surface area contributed by atoms with Crippen LogP contribution in [0.3, 0.4) is 0 Å². The average Bonchev–Trinajstić information content (AvgIpc) is 2.24. The van der Waals surface area contributed by atoms with Crippen LogP contribution in [0.5, 0.6) is 11.5 Å². The van der Waals surface area contributed by atoms with E-state index in [2.05, 4.69) is 6.07 Å². The Kier molecular flexibility index (Phi) is 2.63. The Morgan fingerprint density at radius 2 is 1.67 bits per heavy atom.